The van der Waals surface area contributed by atoms with Crippen LogP contribution in [-0.2, 0) is 16.6 Å². The minimum absolute atomic E-state index is 0.0776. The molecule has 0 radical (unpaired) electrons. The molecule has 4 rings (SSSR count). The van der Waals surface area contributed by atoms with Crippen molar-refractivity contribution in [2.24, 2.45) is 0 Å². The molecule has 0 aliphatic carbocycles. The van der Waals surface area contributed by atoms with Crippen molar-refractivity contribution >= 4 is 20.9 Å². The largest absolute Gasteiger partial charge is 0.454 e. The number of aromatic amines is 1. The van der Waals surface area contributed by atoms with Crippen molar-refractivity contribution in [1.29, 1.82) is 0 Å². The number of hydrogen-bond acceptors (Lipinski definition) is 6. The second-order valence-electron chi connectivity index (χ2n) is 6.76. The van der Waals surface area contributed by atoms with Crippen LogP contribution in [0.4, 0.5) is 4.39 Å². The number of pyridine rings is 1. The second kappa shape index (κ2) is 8.05. The molecular formula is C20H19FN2O6S. The maximum absolute atomic E-state index is 14.2. The van der Waals surface area contributed by atoms with E-state index in [4.69, 9.17) is 14.6 Å². The number of hydrogen-bond donors (Lipinski definition) is 2. The van der Waals surface area contributed by atoms with Crippen LogP contribution in [0.15, 0.2) is 52.2 Å². The average Bonchev–Trinajstić information content (AvgIpc) is 3.17. The molecule has 0 unspecified atom stereocenters. The Hall–Kier alpha value is -2.95. The van der Waals surface area contributed by atoms with E-state index in [0.29, 0.717) is 22.4 Å². The van der Waals surface area contributed by atoms with Crippen molar-refractivity contribution in [3.8, 4) is 11.5 Å². The highest BCUT2D eigenvalue weighted by atomic mass is 32.2. The van der Waals surface area contributed by atoms with Crippen LogP contribution in [0.3, 0.4) is 0 Å². The van der Waals surface area contributed by atoms with E-state index in [9.17, 15) is 17.6 Å². The number of H-pyrrole nitrogens is 1. The molecule has 0 fully saturated rings. The Kier molecular flexibility index (Phi) is 5.46. The first-order valence-corrected chi connectivity index (χ1v) is 10.7. The fourth-order valence-electron chi connectivity index (χ4n) is 3.27. The molecule has 0 amide bonds. The third-order valence-electron chi connectivity index (χ3n) is 4.78. The third kappa shape index (κ3) is 3.76. The van der Waals surface area contributed by atoms with Crippen LogP contribution in [0, 0.1) is 5.82 Å². The number of aromatic nitrogens is 1. The number of aliphatic hydroxyl groups excluding tert-OH is 1. The number of fused-ring (bicyclic) bond motifs is 2. The van der Waals surface area contributed by atoms with Crippen molar-refractivity contribution in [1.82, 2.24) is 9.29 Å². The van der Waals surface area contributed by atoms with E-state index in [-0.39, 0.29) is 38.5 Å². The standard InChI is InChI=1S/C20H19FN2O6S/c21-15-4-1-2-5-19(15)30(26,27)23(6-3-7-24)11-14-8-13-9-17-18(29-12-28-17)10-16(13)22-20(14)25/h1-2,4-5,8-10,24H,3,6-7,11-12H2,(H,22,25). The van der Waals surface area contributed by atoms with E-state index in [2.05, 4.69) is 4.98 Å². The molecule has 10 heteroatoms. The molecule has 3 aromatic rings. The number of nitrogens with one attached hydrogen (secondary N) is 1. The van der Waals surface area contributed by atoms with E-state index >= 15 is 0 Å². The fourth-order valence-corrected chi connectivity index (χ4v) is 4.79. The van der Waals surface area contributed by atoms with Gasteiger partial charge in [0.2, 0.25) is 16.8 Å². The normalized spacial score (nSPS) is 13.3. The summed E-state index contributed by atoms with van der Waals surface area (Å²) in [6.07, 6.45) is 0.137. The summed E-state index contributed by atoms with van der Waals surface area (Å²) in [6, 6.07) is 9.95. The molecular weight excluding hydrogens is 415 g/mol. The first-order chi connectivity index (χ1) is 14.4. The van der Waals surface area contributed by atoms with Gasteiger partial charge in [-0.05, 0) is 30.7 Å². The van der Waals surface area contributed by atoms with E-state index in [0.717, 1.165) is 10.4 Å². The molecule has 8 nitrogen and oxygen atoms in total. The Morgan fingerprint density at radius 1 is 1.13 bits per heavy atom. The number of rotatable bonds is 7. The molecule has 1 aliphatic heterocycles. The van der Waals surface area contributed by atoms with Gasteiger partial charge in [-0.2, -0.15) is 4.31 Å². The molecule has 0 spiro atoms. The average molecular weight is 434 g/mol. The SMILES string of the molecule is O=c1[nH]c2cc3c(cc2cc1CN(CCCO)S(=O)(=O)c1ccccc1F)OCO3. The lowest BCUT2D eigenvalue weighted by molar-refractivity contribution is 0.174. The molecule has 2 aromatic carbocycles. The number of halogens is 1. The summed E-state index contributed by atoms with van der Waals surface area (Å²) in [5.41, 5.74) is 0.227. The van der Waals surface area contributed by atoms with Gasteiger partial charge in [0.1, 0.15) is 10.7 Å². The van der Waals surface area contributed by atoms with Crippen molar-refractivity contribution in [3.05, 3.63) is 64.2 Å². The van der Waals surface area contributed by atoms with Crippen LogP contribution in [-0.4, -0.2) is 42.8 Å². The molecule has 0 atom stereocenters. The number of ether oxygens (including phenoxy) is 2. The van der Waals surface area contributed by atoms with Crippen molar-refractivity contribution in [3.63, 3.8) is 0 Å². The molecule has 1 aliphatic rings. The zero-order valence-electron chi connectivity index (χ0n) is 15.8. The highest BCUT2D eigenvalue weighted by Crippen LogP contribution is 2.35. The van der Waals surface area contributed by atoms with Gasteiger partial charge in [0.05, 0.1) is 5.52 Å². The summed E-state index contributed by atoms with van der Waals surface area (Å²) in [4.78, 5) is 14.8. The Bertz CT molecular complexity index is 1260. The van der Waals surface area contributed by atoms with Crippen molar-refractivity contribution < 1.29 is 27.4 Å². The molecule has 0 saturated carbocycles. The van der Waals surface area contributed by atoms with Gasteiger partial charge in [0.25, 0.3) is 5.56 Å². The minimum atomic E-state index is -4.23. The predicted molar refractivity (Wildman–Crippen MR) is 106 cm³/mol. The maximum Gasteiger partial charge on any atom is 0.252 e. The summed E-state index contributed by atoms with van der Waals surface area (Å²) in [5.74, 6) is 0.154. The molecule has 0 saturated heterocycles. The zero-order chi connectivity index (χ0) is 21.3. The zero-order valence-corrected chi connectivity index (χ0v) is 16.6. The Balaban J connectivity index is 1.74. The van der Waals surface area contributed by atoms with E-state index in [1.54, 1.807) is 18.2 Å². The third-order valence-corrected chi connectivity index (χ3v) is 6.66. The fraction of sp³-hybridized carbons (Fsp3) is 0.250. The lowest BCUT2D eigenvalue weighted by atomic mass is 10.1. The lowest BCUT2D eigenvalue weighted by Crippen LogP contribution is -2.34. The lowest BCUT2D eigenvalue weighted by Gasteiger charge is -2.22. The monoisotopic (exact) mass is 434 g/mol. The van der Waals surface area contributed by atoms with Gasteiger partial charge in [-0.3, -0.25) is 4.79 Å². The molecule has 2 heterocycles. The number of aliphatic hydroxyl groups is 1. The van der Waals surface area contributed by atoms with Crippen LogP contribution in [0.2, 0.25) is 0 Å². The van der Waals surface area contributed by atoms with Crippen molar-refractivity contribution in [2.75, 3.05) is 19.9 Å². The molecule has 2 N–H and O–H groups in total. The molecule has 30 heavy (non-hydrogen) atoms. The van der Waals surface area contributed by atoms with Crippen LogP contribution in [0.25, 0.3) is 10.9 Å². The van der Waals surface area contributed by atoms with Gasteiger partial charge in [0.15, 0.2) is 11.5 Å². The quantitative estimate of drug-likeness (QED) is 0.589. The van der Waals surface area contributed by atoms with Gasteiger partial charge in [-0.25, -0.2) is 12.8 Å². The summed E-state index contributed by atoms with van der Waals surface area (Å²) in [5, 5.41) is 9.81. The first kappa shape index (κ1) is 20.3. The summed E-state index contributed by atoms with van der Waals surface area (Å²) in [7, 11) is -4.23. The van der Waals surface area contributed by atoms with E-state index in [1.807, 2.05) is 0 Å². The Morgan fingerprint density at radius 2 is 1.87 bits per heavy atom. The second-order valence-corrected chi connectivity index (χ2v) is 8.67. The number of benzene rings is 2. The summed E-state index contributed by atoms with van der Waals surface area (Å²) >= 11 is 0. The highest BCUT2D eigenvalue weighted by molar-refractivity contribution is 7.89. The van der Waals surface area contributed by atoms with Gasteiger partial charge >= 0.3 is 0 Å². The summed E-state index contributed by atoms with van der Waals surface area (Å²) in [6.45, 7) is -0.526. The molecule has 1 aromatic heterocycles. The van der Waals surface area contributed by atoms with Gasteiger partial charge < -0.3 is 19.6 Å². The van der Waals surface area contributed by atoms with Crippen LogP contribution in [0.5, 0.6) is 11.5 Å². The Morgan fingerprint density at radius 3 is 2.60 bits per heavy atom. The smallest absolute Gasteiger partial charge is 0.252 e. The van der Waals surface area contributed by atoms with Crippen LogP contribution < -0.4 is 15.0 Å². The van der Waals surface area contributed by atoms with Crippen molar-refractivity contribution in [2.45, 2.75) is 17.9 Å². The van der Waals surface area contributed by atoms with E-state index < -0.39 is 26.3 Å². The highest BCUT2D eigenvalue weighted by Gasteiger charge is 2.28. The Labute approximate surface area is 171 Å². The van der Waals surface area contributed by atoms with Crippen LogP contribution >= 0.6 is 0 Å². The number of sulfonamides is 1. The van der Waals surface area contributed by atoms with Crippen LogP contribution in [0.1, 0.15) is 12.0 Å². The van der Waals surface area contributed by atoms with Gasteiger partial charge in [0, 0.05) is 36.7 Å². The topological polar surface area (TPSA) is 109 Å². The predicted octanol–water partition coefficient (Wildman–Crippen LogP) is 1.97. The van der Waals surface area contributed by atoms with E-state index in [1.165, 1.54) is 18.2 Å². The summed E-state index contributed by atoms with van der Waals surface area (Å²) < 4.78 is 51.9. The minimum Gasteiger partial charge on any atom is -0.454 e. The molecule has 0 bridgehead atoms. The molecule has 158 valence electrons. The first-order valence-electron chi connectivity index (χ1n) is 9.21. The van der Waals surface area contributed by atoms with Gasteiger partial charge in [-0.1, -0.05) is 12.1 Å². The number of nitrogens with zero attached hydrogens (tertiary/aromatic N) is 1. The van der Waals surface area contributed by atoms with Gasteiger partial charge in [-0.15, -0.1) is 0 Å². The maximum atomic E-state index is 14.2.